The molecule has 0 unspecified atom stereocenters. The van der Waals surface area contributed by atoms with Crippen LogP contribution in [0.3, 0.4) is 0 Å². The first kappa shape index (κ1) is 13.2. The fraction of sp³-hybridized carbons (Fsp3) is 0.500. The predicted octanol–water partition coefficient (Wildman–Crippen LogP) is 3.63. The Morgan fingerprint density at radius 2 is 2.00 bits per heavy atom. The molecule has 1 aromatic carbocycles. The molecule has 0 bridgehead atoms. The number of ether oxygens (including phenoxy) is 1. The molecule has 1 N–H and O–H groups in total. The maximum absolute atomic E-state index is 5.72. The summed E-state index contributed by atoms with van der Waals surface area (Å²) in [6.45, 7) is 5.12. The number of benzene rings is 1. The van der Waals surface area contributed by atoms with Gasteiger partial charge in [-0.25, -0.2) is 0 Å². The van der Waals surface area contributed by atoms with Gasteiger partial charge in [0.25, 0.3) is 0 Å². The topological polar surface area (TPSA) is 21.3 Å². The minimum atomic E-state index is 0.833. The van der Waals surface area contributed by atoms with E-state index >= 15 is 0 Å². The van der Waals surface area contributed by atoms with Crippen LogP contribution < -0.4 is 10.1 Å². The smallest absolute Gasteiger partial charge is 0.119 e. The second-order valence-corrected chi connectivity index (χ2v) is 4.76. The van der Waals surface area contributed by atoms with Gasteiger partial charge in [0.2, 0.25) is 0 Å². The lowest BCUT2D eigenvalue weighted by molar-refractivity contribution is 0.306. The van der Waals surface area contributed by atoms with Crippen LogP contribution in [-0.4, -0.2) is 19.7 Å². The minimum Gasteiger partial charge on any atom is -0.494 e. The third kappa shape index (κ3) is 3.88. The van der Waals surface area contributed by atoms with E-state index in [4.69, 9.17) is 4.74 Å². The van der Waals surface area contributed by atoms with Gasteiger partial charge in [0, 0.05) is 6.54 Å². The average molecular weight is 245 g/mol. The number of hydrogen-bond donors (Lipinski definition) is 1. The first-order chi connectivity index (χ1) is 8.90. The van der Waals surface area contributed by atoms with Crippen molar-refractivity contribution in [2.45, 2.75) is 32.6 Å². The molecular formula is C16H23NO. The van der Waals surface area contributed by atoms with E-state index in [-0.39, 0.29) is 0 Å². The lowest BCUT2D eigenvalue weighted by Crippen LogP contribution is -2.19. The molecule has 0 saturated heterocycles. The monoisotopic (exact) mass is 245 g/mol. The van der Waals surface area contributed by atoms with Crippen LogP contribution in [0.5, 0.6) is 5.75 Å². The molecule has 0 saturated carbocycles. The Morgan fingerprint density at radius 1 is 1.17 bits per heavy atom. The lowest BCUT2D eigenvalue weighted by atomic mass is 10.0. The van der Waals surface area contributed by atoms with Crippen molar-refractivity contribution in [3.63, 3.8) is 0 Å². The van der Waals surface area contributed by atoms with Gasteiger partial charge in [-0.1, -0.05) is 38.0 Å². The van der Waals surface area contributed by atoms with Crippen LogP contribution in [0.25, 0.3) is 5.57 Å². The number of hydrogen-bond acceptors (Lipinski definition) is 2. The van der Waals surface area contributed by atoms with Gasteiger partial charge >= 0.3 is 0 Å². The van der Waals surface area contributed by atoms with E-state index in [2.05, 4.69) is 42.6 Å². The zero-order valence-electron chi connectivity index (χ0n) is 11.2. The van der Waals surface area contributed by atoms with E-state index < -0.39 is 0 Å². The van der Waals surface area contributed by atoms with Gasteiger partial charge in [0.15, 0.2) is 0 Å². The van der Waals surface area contributed by atoms with E-state index in [0.717, 1.165) is 38.3 Å². The van der Waals surface area contributed by atoms with Gasteiger partial charge in [-0.2, -0.15) is 0 Å². The molecule has 0 atom stereocenters. The van der Waals surface area contributed by atoms with Crippen LogP contribution in [0.1, 0.15) is 38.2 Å². The van der Waals surface area contributed by atoms with Crippen LogP contribution in [-0.2, 0) is 0 Å². The van der Waals surface area contributed by atoms with E-state index in [1.165, 1.54) is 24.0 Å². The Bertz CT molecular complexity index is 381. The van der Waals surface area contributed by atoms with Crippen molar-refractivity contribution in [2.24, 2.45) is 0 Å². The van der Waals surface area contributed by atoms with Gasteiger partial charge in [-0.15, -0.1) is 0 Å². The number of rotatable bonds is 6. The normalized spacial score (nSPS) is 15.3. The molecule has 1 aliphatic rings. The summed E-state index contributed by atoms with van der Waals surface area (Å²) >= 11 is 0. The summed E-state index contributed by atoms with van der Waals surface area (Å²) < 4.78 is 5.72. The molecule has 98 valence electrons. The maximum atomic E-state index is 5.72. The van der Waals surface area contributed by atoms with Crippen molar-refractivity contribution in [1.29, 1.82) is 0 Å². The zero-order chi connectivity index (χ0) is 12.6. The van der Waals surface area contributed by atoms with Crippen molar-refractivity contribution >= 4 is 5.57 Å². The van der Waals surface area contributed by atoms with Crippen LogP contribution in [0.15, 0.2) is 30.3 Å². The zero-order valence-corrected chi connectivity index (χ0v) is 11.2. The molecule has 0 fully saturated rings. The van der Waals surface area contributed by atoms with Crippen molar-refractivity contribution in [3.05, 3.63) is 35.9 Å². The highest BCUT2D eigenvalue weighted by molar-refractivity contribution is 5.67. The van der Waals surface area contributed by atoms with Crippen LogP contribution in [0.2, 0.25) is 0 Å². The van der Waals surface area contributed by atoms with Crippen molar-refractivity contribution in [3.8, 4) is 5.75 Å². The summed E-state index contributed by atoms with van der Waals surface area (Å²) in [6, 6.07) is 8.52. The summed E-state index contributed by atoms with van der Waals surface area (Å²) in [5.74, 6) is 0.990. The Kier molecular flexibility index (Phi) is 5.28. The Balaban J connectivity index is 1.87. The fourth-order valence-electron chi connectivity index (χ4n) is 2.19. The van der Waals surface area contributed by atoms with Gasteiger partial charge < -0.3 is 10.1 Å². The highest BCUT2D eigenvalue weighted by atomic mass is 16.5. The summed E-state index contributed by atoms with van der Waals surface area (Å²) in [5.41, 5.74) is 2.78. The molecule has 2 nitrogen and oxygen atoms in total. The first-order valence-electron chi connectivity index (χ1n) is 7.03. The quantitative estimate of drug-likeness (QED) is 0.773. The highest BCUT2D eigenvalue weighted by Gasteiger charge is 2.05. The van der Waals surface area contributed by atoms with Crippen molar-refractivity contribution < 1.29 is 4.74 Å². The fourth-order valence-corrected chi connectivity index (χ4v) is 2.19. The lowest BCUT2D eigenvalue weighted by Gasteiger charge is -2.14. The second kappa shape index (κ2) is 7.22. The Morgan fingerprint density at radius 3 is 2.67 bits per heavy atom. The van der Waals surface area contributed by atoms with E-state index in [9.17, 15) is 0 Å². The first-order valence-corrected chi connectivity index (χ1v) is 7.03. The third-order valence-electron chi connectivity index (χ3n) is 3.31. The highest BCUT2D eigenvalue weighted by Crippen LogP contribution is 2.22. The molecule has 2 rings (SSSR count). The van der Waals surface area contributed by atoms with Gasteiger partial charge in [0.1, 0.15) is 5.75 Å². The van der Waals surface area contributed by atoms with Crippen LogP contribution in [0, 0.1) is 0 Å². The third-order valence-corrected chi connectivity index (χ3v) is 3.31. The molecule has 1 heterocycles. The molecule has 0 aromatic heterocycles. The van der Waals surface area contributed by atoms with Crippen LogP contribution >= 0.6 is 0 Å². The molecular weight excluding hydrogens is 222 g/mol. The standard InChI is InChI=1S/C16H23NO/c1-2-3-4-13-18-16-7-5-14(6-8-16)15-9-11-17-12-10-15/h5-9,17H,2-4,10-13H2,1H3. The van der Waals surface area contributed by atoms with Crippen molar-refractivity contribution in [2.75, 3.05) is 19.7 Å². The van der Waals surface area contributed by atoms with Crippen molar-refractivity contribution in [1.82, 2.24) is 5.32 Å². The van der Waals surface area contributed by atoms with Gasteiger partial charge in [0.05, 0.1) is 6.61 Å². The maximum Gasteiger partial charge on any atom is 0.119 e. The van der Waals surface area contributed by atoms with Crippen LogP contribution in [0.4, 0.5) is 0 Å². The van der Waals surface area contributed by atoms with E-state index in [1.54, 1.807) is 0 Å². The SMILES string of the molecule is CCCCCOc1ccc(C2=CCNCC2)cc1. The molecule has 0 radical (unpaired) electrons. The molecule has 18 heavy (non-hydrogen) atoms. The minimum absolute atomic E-state index is 0.833. The van der Waals surface area contributed by atoms with E-state index in [0.29, 0.717) is 0 Å². The summed E-state index contributed by atoms with van der Waals surface area (Å²) in [7, 11) is 0. The summed E-state index contributed by atoms with van der Waals surface area (Å²) in [6.07, 6.45) is 7.04. The van der Waals surface area contributed by atoms with Gasteiger partial charge in [-0.05, 0) is 42.7 Å². The van der Waals surface area contributed by atoms with E-state index in [1.807, 2.05) is 0 Å². The van der Waals surface area contributed by atoms with Gasteiger partial charge in [-0.3, -0.25) is 0 Å². The Hall–Kier alpha value is -1.28. The molecule has 1 aliphatic heterocycles. The molecule has 2 heteroatoms. The number of nitrogens with one attached hydrogen (secondary N) is 1. The summed E-state index contributed by atoms with van der Waals surface area (Å²) in [4.78, 5) is 0. The Labute approximate surface area is 110 Å². The molecule has 0 amide bonds. The molecule has 0 aliphatic carbocycles. The molecule has 1 aromatic rings. The number of unbranched alkanes of at least 4 members (excludes halogenated alkanes) is 2. The predicted molar refractivity (Wildman–Crippen MR) is 76.9 cm³/mol. The summed E-state index contributed by atoms with van der Waals surface area (Å²) in [5, 5.41) is 3.33. The molecule has 0 spiro atoms. The second-order valence-electron chi connectivity index (χ2n) is 4.76. The average Bonchev–Trinajstić information content (AvgIpc) is 2.45. The largest absolute Gasteiger partial charge is 0.494 e.